The van der Waals surface area contributed by atoms with Crippen molar-refractivity contribution in [3.8, 4) is 5.75 Å². The zero-order chi connectivity index (χ0) is 11.8. The van der Waals surface area contributed by atoms with Gasteiger partial charge < -0.3 is 4.89 Å². The first kappa shape index (κ1) is 11.1. The molecule has 0 saturated carbocycles. The Hall–Kier alpha value is -0.990. The Balaban J connectivity index is 1.93. The molecule has 1 aliphatic carbocycles. The van der Waals surface area contributed by atoms with Crippen LogP contribution in [0.2, 0.25) is 0 Å². The van der Waals surface area contributed by atoms with Crippen LogP contribution in [0.15, 0.2) is 17.7 Å². The van der Waals surface area contributed by atoms with Gasteiger partial charge in [0.1, 0.15) is 6.61 Å². The first-order valence-corrected chi connectivity index (χ1v) is 6.50. The predicted octanol–water partition coefficient (Wildman–Crippen LogP) is 4.21. The minimum absolute atomic E-state index is 0.546. The molecule has 1 aromatic carbocycles. The van der Waals surface area contributed by atoms with Crippen molar-refractivity contribution in [1.82, 2.24) is 0 Å². The van der Waals surface area contributed by atoms with Crippen LogP contribution in [0, 0.1) is 0 Å². The number of halogens is 1. The molecule has 90 valence electrons. The Labute approximate surface area is 106 Å². The van der Waals surface area contributed by atoms with Gasteiger partial charge in [-0.3, -0.25) is 0 Å². The van der Waals surface area contributed by atoms with Crippen LogP contribution < -0.4 is 4.89 Å². The highest BCUT2D eigenvalue weighted by atomic mass is 35.5. The van der Waals surface area contributed by atoms with E-state index in [1.807, 2.05) is 6.07 Å². The molecule has 1 aromatic rings. The monoisotopic (exact) mass is 250 g/mol. The maximum absolute atomic E-state index is 6.43. The number of fused-ring (bicyclic) bond motifs is 2. The summed E-state index contributed by atoms with van der Waals surface area (Å²) in [5.74, 6) is 0.818. The molecule has 0 amide bonds. The summed E-state index contributed by atoms with van der Waals surface area (Å²) in [5.41, 5.74) is 4.94. The number of hydrogen-bond acceptors (Lipinski definition) is 2. The summed E-state index contributed by atoms with van der Waals surface area (Å²) in [4.78, 5) is 10.1. The zero-order valence-electron chi connectivity index (χ0n) is 9.88. The van der Waals surface area contributed by atoms with Gasteiger partial charge in [-0.15, -0.1) is 0 Å². The highest BCUT2D eigenvalue weighted by Crippen LogP contribution is 2.42. The van der Waals surface area contributed by atoms with Gasteiger partial charge >= 0.3 is 0 Å². The van der Waals surface area contributed by atoms with E-state index >= 15 is 0 Å². The summed E-state index contributed by atoms with van der Waals surface area (Å²) in [7, 11) is 0. The fourth-order valence-corrected chi connectivity index (χ4v) is 2.80. The van der Waals surface area contributed by atoms with Crippen molar-refractivity contribution in [2.75, 3.05) is 0 Å². The largest absolute Gasteiger partial charge is 0.337 e. The van der Waals surface area contributed by atoms with Crippen LogP contribution in [-0.4, -0.2) is 0 Å². The molecule has 0 saturated heterocycles. The molecule has 3 heteroatoms. The van der Waals surface area contributed by atoms with Crippen molar-refractivity contribution in [2.24, 2.45) is 0 Å². The molecule has 0 fully saturated rings. The minimum Gasteiger partial charge on any atom is -0.337 e. The van der Waals surface area contributed by atoms with Crippen molar-refractivity contribution < 1.29 is 9.78 Å². The van der Waals surface area contributed by atoms with E-state index in [-0.39, 0.29) is 0 Å². The Bertz CT molecular complexity index is 491. The Morgan fingerprint density at radius 3 is 3.00 bits per heavy atom. The summed E-state index contributed by atoms with van der Waals surface area (Å²) in [6.45, 7) is 2.75. The Morgan fingerprint density at radius 2 is 2.18 bits per heavy atom. The summed E-state index contributed by atoms with van der Waals surface area (Å²) in [5, 5.41) is 0.923. The highest BCUT2D eigenvalue weighted by molar-refractivity contribution is 6.50. The van der Waals surface area contributed by atoms with E-state index in [9.17, 15) is 0 Å². The molecule has 0 radical (unpaired) electrons. The zero-order valence-corrected chi connectivity index (χ0v) is 10.6. The van der Waals surface area contributed by atoms with Crippen LogP contribution in [0.1, 0.15) is 42.9 Å². The van der Waals surface area contributed by atoms with Gasteiger partial charge in [0.05, 0.1) is 0 Å². The summed E-state index contributed by atoms with van der Waals surface area (Å²) >= 11 is 6.43. The molecular formula is C14H15ClO2. The molecule has 0 unspecified atom stereocenters. The highest BCUT2D eigenvalue weighted by Gasteiger charge is 2.24. The molecule has 0 bridgehead atoms. The lowest BCUT2D eigenvalue weighted by molar-refractivity contribution is -0.194. The average molecular weight is 251 g/mol. The van der Waals surface area contributed by atoms with Crippen LogP contribution >= 0.6 is 11.6 Å². The van der Waals surface area contributed by atoms with Crippen LogP contribution in [0.4, 0.5) is 0 Å². The number of unbranched alkanes of at least 4 members (excludes halogenated alkanes) is 1. The van der Waals surface area contributed by atoms with Gasteiger partial charge in [-0.1, -0.05) is 24.9 Å². The van der Waals surface area contributed by atoms with Gasteiger partial charge in [0, 0.05) is 16.2 Å². The molecule has 1 heterocycles. The van der Waals surface area contributed by atoms with E-state index < -0.39 is 0 Å². The SMILES string of the molecule is CCCCC1=C(Cl)c2cc3c(cc2C1)COO3. The van der Waals surface area contributed by atoms with Crippen molar-refractivity contribution in [1.29, 1.82) is 0 Å². The third kappa shape index (κ3) is 1.85. The van der Waals surface area contributed by atoms with Gasteiger partial charge in [-0.25, -0.2) is 0 Å². The maximum Gasteiger partial charge on any atom is 0.171 e. The van der Waals surface area contributed by atoms with Gasteiger partial charge in [-0.2, -0.15) is 4.89 Å². The molecule has 2 nitrogen and oxygen atoms in total. The van der Waals surface area contributed by atoms with E-state index in [0.717, 1.165) is 34.8 Å². The summed E-state index contributed by atoms with van der Waals surface area (Å²) in [6, 6.07) is 4.18. The lowest BCUT2D eigenvalue weighted by atomic mass is 10.0. The van der Waals surface area contributed by atoms with E-state index in [2.05, 4.69) is 13.0 Å². The van der Waals surface area contributed by atoms with Crippen LogP contribution in [0.25, 0.3) is 5.03 Å². The van der Waals surface area contributed by atoms with E-state index in [1.165, 1.54) is 24.0 Å². The number of allylic oxidation sites excluding steroid dienone is 1. The Kier molecular flexibility index (Phi) is 2.85. The molecule has 1 aliphatic heterocycles. The normalized spacial score (nSPS) is 17.1. The molecule has 0 N–H and O–H groups in total. The smallest absolute Gasteiger partial charge is 0.171 e. The molecule has 2 aliphatic rings. The molecule has 0 spiro atoms. The summed E-state index contributed by atoms with van der Waals surface area (Å²) in [6.07, 6.45) is 4.50. The van der Waals surface area contributed by atoms with Crippen molar-refractivity contribution >= 4 is 16.6 Å². The quantitative estimate of drug-likeness (QED) is 0.749. The second-order valence-corrected chi connectivity index (χ2v) is 5.04. The lowest BCUT2D eigenvalue weighted by Crippen LogP contribution is -1.87. The standard InChI is InChI=1S/C14H15ClO2/c1-2-3-4-9-5-10-6-11-8-16-17-13(11)7-12(10)14(9)15/h6-7H,2-5,8H2,1H3. The van der Waals surface area contributed by atoms with Gasteiger partial charge in [-0.05, 0) is 42.5 Å². The van der Waals surface area contributed by atoms with Crippen LogP contribution in [0.3, 0.4) is 0 Å². The van der Waals surface area contributed by atoms with E-state index in [0.29, 0.717) is 6.61 Å². The van der Waals surface area contributed by atoms with Crippen LogP contribution in [-0.2, 0) is 17.9 Å². The average Bonchev–Trinajstić information content (AvgIpc) is 2.89. The maximum atomic E-state index is 6.43. The molecular weight excluding hydrogens is 236 g/mol. The fraction of sp³-hybridized carbons (Fsp3) is 0.429. The molecule has 0 aromatic heterocycles. The predicted molar refractivity (Wildman–Crippen MR) is 67.9 cm³/mol. The minimum atomic E-state index is 0.546. The van der Waals surface area contributed by atoms with Gasteiger partial charge in [0.15, 0.2) is 5.75 Å². The van der Waals surface area contributed by atoms with Crippen LogP contribution in [0.5, 0.6) is 5.75 Å². The number of rotatable bonds is 3. The molecule has 0 atom stereocenters. The summed E-state index contributed by atoms with van der Waals surface area (Å²) < 4.78 is 0. The second kappa shape index (κ2) is 4.35. The number of benzene rings is 1. The molecule has 17 heavy (non-hydrogen) atoms. The number of hydrogen-bond donors (Lipinski definition) is 0. The van der Waals surface area contributed by atoms with E-state index in [4.69, 9.17) is 21.4 Å². The lowest BCUT2D eigenvalue weighted by Gasteiger charge is -2.01. The Morgan fingerprint density at radius 1 is 1.29 bits per heavy atom. The first-order valence-electron chi connectivity index (χ1n) is 6.12. The second-order valence-electron chi connectivity index (χ2n) is 4.66. The van der Waals surface area contributed by atoms with Crippen molar-refractivity contribution in [3.63, 3.8) is 0 Å². The molecule has 3 rings (SSSR count). The fourth-order valence-electron chi connectivity index (χ4n) is 2.46. The third-order valence-corrected chi connectivity index (χ3v) is 3.90. The van der Waals surface area contributed by atoms with Crippen molar-refractivity contribution in [3.05, 3.63) is 34.4 Å². The first-order chi connectivity index (χ1) is 8.29. The van der Waals surface area contributed by atoms with Crippen molar-refractivity contribution in [2.45, 2.75) is 39.2 Å². The third-order valence-electron chi connectivity index (χ3n) is 3.43. The topological polar surface area (TPSA) is 18.5 Å². The van der Waals surface area contributed by atoms with E-state index in [1.54, 1.807) is 0 Å². The van der Waals surface area contributed by atoms with Gasteiger partial charge in [0.2, 0.25) is 0 Å². The van der Waals surface area contributed by atoms with Gasteiger partial charge in [0.25, 0.3) is 0 Å².